The van der Waals surface area contributed by atoms with Crippen molar-refractivity contribution in [1.29, 1.82) is 0 Å². The van der Waals surface area contributed by atoms with Crippen LogP contribution in [-0.4, -0.2) is 47.8 Å². The Bertz CT molecular complexity index is 758. The molecule has 4 rings (SSSR count). The van der Waals surface area contributed by atoms with Crippen LogP contribution in [0, 0.1) is 5.92 Å². The van der Waals surface area contributed by atoms with Gasteiger partial charge in [-0.3, -0.25) is 4.79 Å². The maximum atomic E-state index is 12.3. The average molecular weight is 356 g/mol. The van der Waals surface area contributed by atoms with Crippen LogP contribution in [0.25, 0.3) is 11.0 Å². The second-order valence-electron chi connectivity index (χ2n) is 7.55. The Morgan fingerprint density at radius 3 is 2.65 bits per heavy atom. The van der Waals surface area contributed by atoms with Gasteiger partial charge in [0.25, 0.3) is 0 Å². The van der Waals surface area contributed by atoms with Gasteiger partial charge >= 0.3 is 0 Å². The smallest absolute Gasteiger partial charge is 0.220 e. The highest BCUT2D eigenvalue weighted by Gasteiger charge is 2.25. The number of benzene rings is 1. The molecule has 0 saturated carbocycles. The molecule has 1 aromatic heterocycles. The summed E-state index contributed by atoms with van der Waals surface area (Å²) < 4.78 is 7.53. The van der Waals surface area contributed by atoms with Crippen LogP contribution >= 0.6 is 0 Å². The Morgan fingerprint density at radius 2 is 1.92 bits per heavy atom. The van der Waals surface area contributed by atoms with E-state index in [4.69, 9.17) is 9.72 Å². The number of carbonyl (C=O) groups excluding carboxylic acids is 1. The molecule has 1 aromatic carbocycles. The van der Waals surface area contributed by atoms with Crippen LogP contribution in [0.5, 0.6) is 0 Å². The lowest BCUT2D eigenvalue weighted by atomic mass is 9.93. The molecule has 0 spiro atoms. The molecule has 1 amide bonds. The minimum atomic E-state index is 0.207. The summed E-state index contributed by atoms with van der Waals surface area (Å²) in [7, 11) is 2.08. The van der Waals surface area contributed by atoms with Crippen molar-refractivity contribution in [3.05, 3.63) is 24.3 Å². The molecule has 0 atom stereocenters. The van der Waals surface area contributed by atoms with Gasteiger partial charge in [-0.1, -0.05) is 12.1 Å². The predicted molar refractivity (Wildman–Crippen MR) is 102 cm³/mol. The third kappa shape index (κ3) is 3.70. The monoisotopic (exact) mass is 356 g/mol. The number of rotatable bonds is 4. The number of hydrogen-bond donors (Lipinski definition) is 1. The van der Waals surface area contributed by atoms with Gasteiger partial charge in [-0.2, -0.15) is 0 Å². The highest BCUT2D eigenvalue weighted by molar-refractivity contribution is 5.79. The lowest BCUT2D eigenvalue weighted by Gasteiger charge is -2.32. The Kier molecular flexibility index (Phi) is 5.11. The molecule has 6 heteroatoms. The van der Waals surface area contributed by atoms with E-state index < -0.39 is 0 Å². The van der Waals surface area contributed by atoms with Gasteiger partial charge in [0, 0.05) is 45.8 Å². The Morgan fingerprint density at radius 1 is 1.19 bits per heavy atom. The van der Waals surface area contributed by atoms with Crippen molar-refractivity contribution in [2.75, 3.05) is 31.2 Å². The van der Waals surface area contributed by atoms with Crippen LogP contribution in [-0.2, 0) is 16.6 Å². The number of ether oxygens (including phenoxy) is 1. The first kappa shape index (κ1) is 17.3. The minimum absolute atomic E-state index is 0.207. The molecule has 140 valence electrons. The first-order valence-corrected chi connectivity index (χ1v) is 9.74. The summed E-state index contributed by atoms with van der Waals surface area (Å²) in [5.41, 5.74) is 2.21. The summed E-state index contributed by atoms with van der Waals surface area (Å²) in [6.45, 7) is 3.46. The standard InChI is InChI=1S/C20H28N4O2/c1-23-18-5-3-2-4-17(18)22-20(23)24-10-6-15(7-11-24)14-19(25)21-16-8-12-26-13-9-16/h2-5,15-16H,6-14H2,1H3,(H,21,25). The summed E-state index contributed by atoms with van der Waals surface area (Å²) in [4.78, 5) is 19.5. The Balaban J connectivity index is 1.30. The molecule has 0 bridgehead atoms. The third-order valence-corrected chi connectivity index (χ3v) is 5.72. The van der Waals surface area contributed by atoms with E-state index in [-0.39, 0.29) is 5.91 Å². The maximum Gasteiger partial charge on any atom is 0.220 e. The van der Waals surface area contributed by atoms with Crippen LogP contribution in [0.3, 0.4) is 0 Å². The van der Waals surface area contributed by atoms with Gasteiger partial charge in [-0.25, -0.2) is 4.98 Å². The summed E-state index contributed by atoms with van der Waals surface area (Å²) in [5.74, 6) is 1.72. The summed E-state index contributed by atoms with van der Waals surface area (Å²) in [5, 5.41) is 3.19. The second-order valence-corrected chi connectivity index (χ2v) is 7.55. The first-order valence-electron chi connectivity index (χ1n) is 9.74. The highest BCUT2D eigenvalue weighted by Crippen LogP contribution is 2.27. The number of imidazole rings is 1. The van der Waals surface area contributed by atoms with Gasteiger partial charge in [0.15, 0.2) is 0 Å². The first-order chi connectivity index (χ1) is 12.7. The number of nitrogens with zero attached hydrogens (tertiary/aromatic N) is 3. The lowest BCUT2D eigenvalue weighted by molar-refractivity contribution is -0.123. The van der Waals surface area contributed by atoms with Gasteiger partial charge in [0.05, 0.1) is 11.0 Å². The molecule has 0 aliphatic carbocycles. The molecule has 0 unspecified atom stereocenters. The van der Waals surface area contributed by atoms with Crippen LogP contribution in [0.1, 0.15) is 32.1 Å². The molecule has 6 nitrogen and oxygen atoms in total. The quantitative estimate of drug-likeness (QED) is 0.914. The second kappa shape index (κ2) is 7.66. The SMILES string of the molecule is Cn1c(N2CCC(CC(=O)NC3CCOCC3)CC2)nc2ccccc21. The van der Waals surface area contributed by atoms with E-state index in [1.807, 2.05) is 6.07 Å². The molecule has 2 aromatic rings. The van der Waals surface area contributed by atoms with Crippen molar-refractivity contribution >= 4 is 22.9 Å². The van der Waals surface area contributed by atoms with Gasteiger partial charge in [-0.15, -0.1) is 0 Å². The lowest BCUT2D eigenvalue weighted by Crippen LogP contribution is -2.41. The fraction of sp³-hybridized carbons (Fsp3) is 0.600. The summed E-state index contributed by atoms with van der Waals surface area (Å²) in [6, 6.07) is 8.56. The minimum Gasteiger partial charge on any atom is -0.381 e. The van der Waals surface area contributed by atoms with Gasteiger partial charge in [0.2, 0.25) is 11.9 Å². The number of para-hydroxylation sites is 2. The van der Waals surface area contributed by atoms with Crippen molar-refractivity contribution in [3.8, 4) is 0 Å². The van der Waals surface area contributed by atoms with Crippen LogP contribution < -0.4 is 10.2 Å². The van der Waals surface area contributed by atoms with E-state index in [0.717, 1.165) is 63.5 Å². The third-order valence-electron chi connectivity index (χ3n) is 5.72. The number of anilines is 1. The van der Waals surface area contributed by atoms with E-state index in [1.165, 1.54) is 5.52 Å². The molecule has 26 heavy (non-hydrogen) atoms. The number of aromatic nitrogens is 2. The van der Waals surface area contributed by atoms with E-state index in [2.05, 4.69) is 40.0 Å². The zero-order valence-electron chi connectivity index (χ0n) is 15.5. The van der Waals surface area contributed by atoms with Crippen LogP contribution in [0.2, 0.25) is 0 Å². The van der Waals surface area contributed by atoms with Crippen molar-refractivity contribution in [3.63, 3.8) is 0 Å². The van der Waals surface area contributed by atoms with E-state index in [9.17, 15) is 4.79 Å². The summed E-state index contributed by atoms with van der Waals surface area (Å²) in [6.07, 6.45) is 4.62. The van der Waals surface area contributed by atoms with E-state index in [1.54, 1.807) is 0 Å². The number of piperidine rings is 1. The Hall–Kier alpha value is -2.08. The summed E-state index contributed by atoms with van der Waals surface area (Å²) >= 11 is 0. The van der Waals surface area contributed by atoms with Crippen LogP contribution in [0.4, 0.5) is 5.95 Å². The van der Waals surface area contributed by atoms with Crippen LogP contribution in [0.15, 0.2) is 24.3 Å². The normalized spacial score (nSPS) is 19.8. The molecule has 3 heterocycles. The number of carbonyl (C=O) groups is 1. The van der Waals surface area contributed by atoms with Crippen molar-refractivity contribution < 1.29 is 9.53 Å². The average Bonchev–Trinajstić information content (AvgIpc) is 3.00. The van der Waals surface area contributed by atoms with Gasteiger partial charge in [-0.05, 0) is 43.7 Å². The number of hydrogen-bond acceptors (Lipinski definition) is 4. The molecular formula is C20H28N4O2. The molecule has 2 fully saturated rings. The van der Waals surface area contributed by atoms with Crippen molar-refractivity contribution in [2.45, 2.75) is 38.1 Å². The number of fused-ring (bicyclic) bond motifs is 1. The fourth-order valence-electron chi connectivity index (χ4n) is 4.14. The number of amides is 1. The topological polar surface area (TPSA) is 59.4 Å². The van der Waals surface area contributed by atoms with Gasteiger partial charge < -0.3 is 19.5 Å². The predicted octanol–water partition coefficient (Wildman–Crippen LogP) is 2.47. The van der Waals surface area contributed by atoms with Gasteiger partial charge in [0.1, 0.15) is 0 Å². The molecule has 2 aliphatic heterocycles. The molecule has 2 saturated heterocycles. The van der Waals surface area contributed by atoms with Crippen molar-refractivity contribution in [2.24, 2.45) is 13.0 Å². The molecule has 0 radical (unpaired) electrons. The van der Waals surface area contributed by atoms with Crippen molar-refractivity contribution in [1.82, 2.24) is 14.9 Å². The van der Waals surface area contributed by atoms with E-state index >= 15 is 0 Å². The molecular weight excluding hydrogens is 328 g/mol. The largest absolute Gasteiger partial charge is 0.381 e. The Labute approximate surface area is 154 Å². The number of nitrogens with one attached hydrogen (secondary N) is 1. The molecule has 1 N–H and O–H groups in total. The zero-order chi connectivity index (χ0) is 17.9. The van der Waals surface area contributed by atoms with E-state index in [0.29, 0.717) is 18.4 Å². The zero-order valence-corrected chi connectivity index (χ0v) is 15.5. The molecule has 2 aliphatic rings. The number of aryl methyl sites for hydroxylation is 1. The maximum absolute atomic E-state index is 12.3. The fourth-order valence-corrected chi connectivity index (χ4v) is 4.14. The highest BCUT2D eigenvalue weighted by atomic mass is 16.5.